The molecule has 1 saturated carbocycles. The molecule has 0 bridgehead atoms. The van der Waals surface area contributed by atoms with Crippen LogP contribution in [0.3, 0.4) is 0 Å². The molecule has 1 aliphatic carbocycles. The lowest BCUT2D eigenvalue weighted by atomic mass is 10.1. The van der Waals surface area contributed by atoms with Crippen LogP contribution in [0.1, 0.15) is 36.3 Å². The first-order valence-corrected chi connectivity index (χ1v) is 7.79. The van der Waals surface area contributed by atoms with Crippen LogP contribution in [0.15, 0.2) is 35.7 Å². The Morgan fingerprint density at radius 3 is 2.75 bits per heavy atom. The Labute approximate surface area is 122 Å². The molecule has 2 aromatic rings. The smallest absolute Gasteiger partial charge is 0.146 e. The molecule has 4 heteroatoms. The minimum absolute atomic E-state index is 0.244. The van der Waals surface area contributed by atoms with E-state index in [4.69, 9.17) is 0 Å². The van der Waals surface area contributed by atoms with Gasteiger partial charge in [0.15, 0.2) is 0 Å². The van der Waals surface area contributed by atoms with E-state index in [2.05, 4.69) is 11.0 Å². The first-order chi connectivity index (χ1) is 9.65. The molecule has 2 nitrogen and oxygen atoms in total. The van der Waals surface area contributed by atoms with Gasteiger partial charge in [0.05, 0.1) is 18.3 Å². The summed E-state index contributed by atoms with van der Waals surface area (Å²) in [5.41, 5.74) is 1.27. The van der Waals surface area contributed by atoms with E-state index in [0.717, 1.165) is 19.4 Å². The van der Waals surface area contributed by atoms with Crippen LogP contribution in [0.4, 0.5) is 10.1 Å². The fourth-order valence-corrected chi connectivity index (χ4v) is 3.09. The Morgan fingerprint density at radius 2 is 2.20 bits per heavy atom. The molecule has 1 unspecified atom stereocenters. The number of anilines is 1. The van der Waals surface area contributed by atoms with E-state index in [1.165, 1.54) is 10.9 Å². The first kappa shape index (κ1) is 13.6. The Morgan fingerprint density at radius 1 is 1.40 bits per heavy atom. The molecule has 0 radical (unpaired) electrons. The van der Waals surface area contributed by atoms with E-state index in [1.807, 2.05) is 17.5 Å². The van der Waals surface area contributed by atoms with Crippen LogP contribution in [0.2, 0.25) is 0 Å². The molecule has 1 aromatic heterocycles. The van der Waals surface area contributed by atoms with Crippen LogP contribution < -0.4 is 4.90 Å². The molecule has 1 atom stereocenters. The van der Waals surface area contributed by atoms with Gasteiger partial charge in [-0.3, -0.25) is 0 Å². The molecule has 3 rings (SSSR count). The number of nitrogens with zero attached hydrogens (tertiary/aromatic N) is 1. The van der Waals surface area contributed by atoms with Gasteiger partial charge in [0.1, 0.15) is 5.82 Å². The highest BCUT2D eigenvalue weighted by Gasteiger charge is 2.31. The van der Waals surface area contributed by atoms with Gasteiger partial charge in [-0.25, -0.2) is 4.39 Å². The number of hydrogen-bond donors (Lipinski definition) is 1. The Hall–Kier alpha value is -1.39. The highest BCUT2D eigenvalue weighted by Crippen LogP contribution is 2.35. The topological polar surface area (TPSA) is 23.5 Å². The van der Waals surface area contributed by atoms with Crippen LogP contribution in [0.5, 0.6) is 0 Å². The monoisotopic (exact) mass is 291 g/mol. The van der Waals surface area contributed by atoms with Gasteiger partial charge in [-0.2, -0.15) is 0 Å². The number of aliphatic hydroxyl groups is 1. The van der Waals surface area contributed by atoms with E-state index in [0.29, 0.717) is 17.3 Å². The number of hydrogen-bond acceptors (Lipinski definition) is 3. The molecule has 0 aliphatic heterocycles. The van der Waals surface area contributed by atoms with Crippen molar-refractivity contribution in [1.29, 1.82) is 0 Å². The number of thiophene rings is 1. The van der Waals surface area contributed by atoms with Gasteiger partial charge in [-0.05, 0) is 48.9 Å². The standard InChI is InChI=1S/C16H18FNOS/c1-11(19)12-4-7-16(15(17)9-12)18(13-5-6-13)10-14-3-2-8-20-14/h2-4,7-9,11,13,19H,5-6,10H2,1H3. The maximum Gasteiger partial charge on any atom is 0.146 e. The normalized spacial score (nSPS) is 16.1. The van der Waals surface area contributed by atoms with Crippen molar-refractivity contribution in [3.8, 4) is 0 Å². The maximum absolute atomic E-state index is 14.3. The number of benzene rings is 1. The molecular weight excluding hydrogens is 273 g/mol. The van der Waals surface area contributed by atoms with Gasteiger partial charge in [0, 0.05) is 10.9 Å². The Kier molecular flexibility index (Phi) is 3.76. The largest absolute Gasteiger partial charge is 0.389 e. The van der Waals surface area contributed by atoms with Gasteiger partial charge in [0.25, 0.3) is 0 Å². The summed E-state index contributed by atoms with van der Waals surface area (Å²) in [5.74, 6) is -0.244. The van der Waals surface area contributed by atoms with Crippen molar-refractivity contribution in [3.05, 3.63) is 52.0 Å². The van der Waals surface area contributed by atoms with Crippen LogP contribution in [0.25, 0.3) is 0 Å². The highest BCUT2D eigenvalue weighted by molar-refractivity contribution is 7.09. The second-order valence-corrected chi connectivity index (χ2v) is 6.36. The number of aliphatic hydroxyl groups excluding tert-OH is 1. The van der Waals surface area contributed by atoms with E-state index in [-0.39, 0.29) is 5.82 Å². The van der Waals surface area contributed by atoms with Gasteiger partial charge < -0.3 is 10.0 Å². The molecular formula is C16H18FNOS. The third-order valence-electron chi connectivity index (χ3n) is 3.66. The highest BCUT2D eigenvalue weighted by atomic mass is 32.1. The van der Waals surface area contributed by atoms with Gasteiger partial charge in [-0.1, -0.05) is 12.1 Å². The van der Waals surface area contributed by atoms with Gasteiger partial charge >= 0.3 is 0 Å². The SMILES string of the molecule is CC(O)c1ccc(N(Cc2cccs2)C2CC2)c(F)c1. The van der Waals surface area contributed by atoms with Crippen molar-refractivity contribution in [2.45, 2.75) is 38.5 Å². The third kappa shape index (κ3) is 2.86. The quantitative estimate of drug-likeness (QED) is 0.896. The molecule has 0 saturated heterocycles. The lowest BCUT2D eigenvalue weighted by Crippen LogP contribution is -2.25. The summed E-state index contributed by atoms with van der Waals surface area (Å²) < 4.78 is 14.3. The van der Waals surface area contributed by atoms with Crippen molar-refractivity contribution in [1.82, 2.24) is 0 Å². The lowest BCUT2D eigenvalue weighted by Gasteiger charge is -2.25. The van der Waals surface area contributed by atoms with Crippen molar-refractivity contribution in [3.63, 3.8) is 0 Å². The zero-order valence-electron chi connectivity index (χ0n) is 11.4. The molecule has 1 aliphatic rings. The summed E-state index contributed by atoms with van der Waals surface area (Å²) in [6, 6.07) is 9.61. The number of rotatable bonds is 5. The molecule has 1 fully saturated rings. The second-order valence-electron chi connectivity index (χ2n) is 5.33. The van der Waals surface area contributed by atoms with E-state index in [1.54, 1.807) is 24.3 Å². The van der Waals surface area contributed by atoms with Crippen molar-refractivity contribution in [2.75, 3.05) is 4.90 Å². The van der Waals surface area contributed by atoms with Crippen molar-refractivity contribution < 1.29 is 9.50 Å². The zero-order valence-corrected chi connectivity index (χ0v) is 12.2. The van der Waals surface area contributed by atoms with E-state index >= 15 is 0 Å². The lowest BCUT2D eigenvalue weighted by molar-refractivity contribution is 0.199. The van der Waals surface area contributed by atoms with Crippen LogP contribution >= 0.6 is 11.3 Å². The molecule has 1 aromatic carbocycles. The van der Waals surface area contributed by atoms with Crippen LogP contribution in [-0.2, 0) is 6.54 Å². The second kappa shape index (κ2) is 5.54. The van der Waals surface area contributed by atoms with Gasteiger partial charge in [0.2, 0.25) is 0 Å². The molecule has 0 amide bonds. The van der Waals surface area contributed by atoms with E-state index in [9.17, 15) is 9.50 Å². The van der Waals surface area contributed by atoms with Crippen molar-refractivity contribution in [2.24, 2.45) is 0 Å². The fraction of sp³-hybridized carbons (Fsp3) is 0.375. The van der Waals surface area contributed by atoms with Crippen LogP contribution in [-0.4, -0.2) is 11.1 Å². The minimum Gasteiger partial charge on any atom is -0.389 e. The summed E-state index contributed by atoms with van der Waals surface area (Å²) in [5, 5.41) is 11.6. The average molecular weight is 291 g/mol. The summed E-state index contributed by atoms with van der Waals surface area (Å²) in [6.07, 6.45) is 1.62. The predicted molar refractivity (Wildman–Crippen MR) is 80.6 cm³/mol. The summed E-state index contributed by atoms with van der Waals surface area (Å²) in [6.45, 7) is 2.41. The third-order valence-corrected chi connectivity index (χ3v) is 4.52. The summed E-state index contributed by atoms with van der Waals surface area (Å²) >= 11 is 1.70. The molecule has 1 N–H and O–H groups in total. The van der Waals surface area contributed by atoms with Crippen molar-refractivity contribution >= 4 is 17.0 Å². The maximum atomic E-state index is 14.3. The summed E-state index contributed by atoms with van der Waals surface area (Å²) in [7, 11) is 0. The molecule has 1 heterocycles. The molecule has 0 spiro atoms. The van der Waals surface area contributed by atoms with Gasteiger partial charge in [-0.15, -0.1) is 11.3 Å². The molecule has 106 valence electrons. The minimum atomic E-state index is -0.634. The average Bonchev–Trinajstić information content (AvgIpc) is 3.14. The molecule has 20 heavy (non-hydrogen) atoms. The first-order valence-electron chi connectivity index (χ1n) is 6.91. The summed E-state index contributed by atoms with van der Waals surface area (Å²) in [4.78, 5) is 3.39. The Bertz CT molecular complexity index is 578. The van der Waals surface area contributed by atoms with E-state index < -0.39 is 6.10 Å². The van der Waals surface area contributed by atoms with Crippen LogP contribution in [0, 0.1) is 5.82 Å². The zero-order chi connectivity index (χ0) is 14.1. The Balaban J connectivity index is 1.87. The predicted octanol–water partition coefficient (Wildman–Crippen LogP) is 4.11. The number of halogens is 1. The fourth-order valence-electron chi connectivity index (χ4n) is 2.38.